The molecule has 4 nitrogen and oxygen atoms in total. The SMILES string of the molecule is CC(N)c1ccc([N+](=O)[O-])c(Cl)c1. The fourth-order valence-corrected chi connectivity index (χ4v) is 1.21. The predicted molar refractivity (Wildman–Crippen MR) is 50.7 cm³/mol. The van der Waals surface area contributed by atoms with Crippen LogP contribution in [0.15, 0.2) is 18.2 Å². The highest BCUT2D eigenvalue weighted by atomic mass is 35.5. The van der Waals surface area contributed by atoms with E-state index in [0.29, 0.717) is 0 Å². The second-order valence-electron chi connectivity index (χ2n) is 2.76. The molecule has 13 heavy (non-hydrogen) atoms. The number of hydrogen-bond acceptors (Lipinski definition) is 3. The second kappa shape index (κ2) is 3.72. The van der Waals surface area contributed by atoms with Gasteiger partial charge in [-0.05, 0) is 18.6 Å². The smallest absolute Gasteiger partial charge is 0.287 e. The van der Waals surface area contributed by atoms with Crippen LogP contribution in [-0.4, -0.2) is 4.92 Å². The Morgan fingerprint density at radius 1 is 1.62 bits per heavy atom. The largest absolute Gasteiger partial charge is 0.324 e. The molecule has 0 amide bonds. The third-order valence-corrected chi connectivity index (χ3v) is 2.00. The number of halogens is 1. The van der Waals surface area contributed by atoms with Gasteiger partial charge in [0.2, 0.25) is 0 Å². The molecular formula is C8H9ClN2O2. The van der Waals surface area contributed by atoms with Crippen molar-refractivity contribution in [3.63, 3.8) is 0 Å². The van der Waals surface area contributed by atoms with Gasteiger partial charge in [-0.15, -0.1) is 0 Å². The van der Waals surface area contributed by atoms with E-state index in [-0.39, 0.29) is 16.8 Å². The number of nitrogens with two attached hydrogens (primary N) is 1. The zero-order chi connectivity index (χ0) is 10.0. The first-order valence-electron chi connectivity index (χ1n) is 3.72. The first-order valence-corrected chi connectivity index (χ1v) is 4.09. The number of benzene rings is 1. The van der Waals surface area contributed by atoms with Crippen molar-refractivity contribution in [2.75, 3.05) is 0 Å². The summed E-state index contributed by atoms with van der Waals surface area (Å²) in [6.07, 6.45) is 0. The van der Waals surface area contributed by atoms with Gasteiger partial charge in [0.25, 0.3) is 5.69 Å². The van der Waals surface area contributed by atoms with Crippen molar-refractivity contribution >= 4 is 17.3 Å². The minimum absolute atomic E-state index is 0.0916. The molecule has 0 aliphatic rings. The average Bonchev–Trinajstić information content (AvgIpc) is 2.03. The van der Waals surface area contributed by atoms with Crippen LogP contribution in [0.5, 0.6) is 0 Å². The molecule has 0 heterocycles. The molecule has 0 saturated heterocycles. The first kappa shape index (κ1) is 9.95. The van der Waals surface area contributed by atoms with Crippen LogP contribution in [0.25, 0.3) is 0 Å². The van der Waals surface area contributed by atoms with Crippen molar-refractivity contribution in [2.45, 2.75) is 13.0 Å². The van der Waals surface area contributed by atoms with Crippen molar-refractivity contribution in [1.29, 1.82) is 0 Å². The summed E-state index contributed by atoms with van der Waals surface area (Å²) >= 11 is 5.67. The van der Waals surface area contributed by atoms with E-state index in [9.17, 15) is 10.1 Å². The summed E-state index contributed by atoms with van der Waals surface area (Å²) in [4.78, 5) is 9.87. The Morgan fingerprint density at radius 3 is 2.62 bits per heavy atom. The molecule has 70 valence electrons. The Balaban J connectivity index is 3.13. The molecular weight excluding hydrogens is 192 g/mol. The van der Waals surface area contributed by atoms with Crippen LogP contribution >= 0.6 is 11.6 Å². The summed E-state index contributed by atoms with van der Waals surface area (Å²) < 4.78 is 0. The second-order valence-corrected chi connectivity index (χ2v) is 3.16. The van der Waals surface area contributed by atoms with Crippen molar-refractivity contribution in [3.05, 3.63) is 38.9 Å². The predicted octanol–water partition coefficient (Wildman–Crippen LogP) is 2.27. The lowest BCUT2D eigenvalue weighted by Crippen LogP contribution is -2.04. The van der Waals surface area contributed by atoms with Gasteiger partial charge >= 0.3 is 0 Å². The highest BCUT2D eigenvalue weighted by Crippen LogP contribution is 2.26. The third kappa shape index (κ3) is 2.17. The summed E-state index contributed by atoms with van der Waals surface area (Å²) in [5, 5.41) is 10.5. The fraction of sp³-hybridized carbons (Fsp3) is 0.250. The summed E-state index contributed by atoms with van der Waals surface area (Å²) in [6, 6.07) is 4.32. The van der Waals surface area contributed by atoms with E-state index >= 15 is 0 Å². The first-order chi connectivity index (χ1) is 6.02. The lowest BCUT2D eigenvalue weighted by Gasteiger charge is -2.05. The zero-order valence-electron chi connectivity index (χ0n) is 7.03. The van der Waals surface area contributed by atoms with Crippen LogP contribution in [0.2, 0.25) is 5.02 Å². The van der Waals surface area contributed by atoms with Gasteiger partial charge in [-0.2, -0.15) is 0 Å². The van der Waals surface area contributed by atoms with Crippen molar-refractivity contribution in [3.8, 4) is 0 Å². The number of nitrogens with zero attached hydrogens (tertiary/aromatic N) is 1. The molecule has 1 unspecified atom stereocenters. The highest BCUT2D eigenvalue weighted by Gasteiger charge is 2.12. The lowest BCUT2D eigenvalue weighted by molar-refractivity contribution is -0.384. The molecule has 0 aliphatic carbocycles. The minimum Gasteiger partial charge on any atom is -0.324 e. The normalized spacial score (nSPS) is 12.5. The molecule has 1 aromatic carbocycles. The van der Waals surface area contributed by atoms with E-state index in [0.717, 1.165) is 5.56 Å². The van der Waals surface area contributed by atoms with Crippen LogP contribution in [-0.2, 0) is 0 Å². The molecule has 2 N–H and O–H groups in total. The molecule has 5 heteroatoms. The maximum absolute atomic E-state index is 10.4. The molecule has 0 aromatic heterocycles. The number of nitro groups is 1. The van der Waals surface area contributed by atoms with Gasteiger partial charge < -0.3 is 5.73 Å². The summed E-state index contributed by atoms with van der Waals surface area (Å²) in [7, 11) is 0. The van der Waals surface area contributed by atoms with Gasteiger partial charge in [0.1, 0.15) is 5.02 Å². The molecule has 0 spiro atoms. The molecule has 0 aliphatic heterocycles. The van der Waals surface area contributed by atoms with E-state index in [4.69, 9.17) is 17.3 Å². The van der Waals surface area contributed by atoms with Crippen molar-refractivity contribution < 1.29 is 4.92 Å². The van der Waals surface area contributed by atoms with E-state index in [2.05, 4.69) is 0 Å². The van der Waals surface area contributed by atoms with Crippen molar-refractivity contribution in [1.82, 2.24) is 0 Å². The molecule has 1 aromatic rings. The van der Waals surface area contributed by atoms with Gasteiger partial charge in [-0.25, -0.2) is 0 Å². The number of hydrogen-bond donors (Lipinski definition) is 1. The van der Waals surface area contributed by atoms with Crippen LogP contribution in [0, 0.1) is 10.1 Å². The Hall–Kier alpha value is -1.13. The average molecular weight is 201 g/mol. The monoisotopic (exact) mass is 200 g/mol. The summed E-state index contributed by atoms with van der Waals surface area (Å²) in [5.74, 6) is 0. The quantitative estimate of drug-likeness (QED) is 0.588. The molecule has 0 bridgehead atoms. The molecule has 1 atom stereocenters. The summed E-state index contributed by atoms with van der Waals surface area (Å²) in [5.41, 5.74) is 6.28. The Kier molecular flexibility index (Phi) is 2.85. The van der Waals surface area contributed by atoms with Gasteiger partial charge in [0.05, 0.1) is 4.92 Å². The topological polar surface area (TPSA) is 69.2 Å². The lowest BCUT2D eigenvalue weighted by atomic mass is 10.1. The molecule has 0 radical (unpaired) electrons. The van der Waals surface area contributed by atoms with E-state index in [1.54, 1.807) is 13.0 Å². The van der Waals surface area contributed by atoms with Crippen LogP contribution in [0.4, 0.5) is 5.69 Å². The Morgan fingerprint density at radius 2 is 2.23 bits per heavy atom. The van der Waals surface area contributed by atoms with Gasteiger partial charge in [0.15, 0.2) is 0 Å². The molecule has 0 saturated carbocycles. The highest BCUT2D eigenvalue weighted by molar-refractivity contribution is 6.32. The van der Waals surface area contributed by atoms with Crippen LogP contribution in [0.3, 0.4) is 0 Å². The third-order valence-electron chi connectivity index (χ3n) is 1.69. The molecule has 1 rings (SSSR count). The van der Waals surface area contributed by atoms with Gasteiger partial charge in [-0.3, -0.25) is 10.1 Å². The number of nitro benzene ring substituents is 1. The maximum Gasteiger partial charge on any atom is 0.287 e. The minimum atomic E-state index is -0.521. The van der Waals surface area contributed by atoms with Gasteiger partial charge in [-0.1, -0.05) is 17.7 Å². The summed E-state index contributed by atoms with van der Waals surface area (Å²) in [6.45, 7) is 1.79. The van der Waals surface area contributed by atoms with E-state index in [1.807, 2.05) is 0 Å². The van der Waals surface area contributed by atoms with E-state index in [1.165, 1.54) is 12.1 Å². The van der Waals surface area contributed by atoms with Crippen LogP contribution in [0.1, 0.15) is 18.5 Å². The van der Waals surface area contributed by atoms with Crippen molar-refractivity contribution in [2.24, 2.45) is 5.73 Å². The molecule has 0 fully saturated rings. The Labute approximate surface area is 80.5 Å². The maximum atomic E-state index is 10.4. The zero-order valence-corrected chi connectivity index (χ0v) is 7.78. The standard InChI is InChI=1S/C8H9ClN2O2/c1-5(10)6-2-3-8(11(12)13)7(9)4-6/h2-5H,10H2,1H3. The van der Waals surface area contributed by atoms with Crippen LogP contribution < -0.4 is 5.73 Å². The van der Waals surface area contributed by atoms with Gasteiger partial charge in [0, 0.05) is 12.1 Å². The van der Waals surface area contributed by atoms with E-state index < -0.39 is 4.92 Å². The number of rotatable bonds is 2. The Bertz CT molecular complexity index is 339. The fourth-order valence-electron chi connectivity index (χ4n) is 0.954.